The maximum absolute atomic E-state index is 11.8. The summed E-state index contributed by atoms with van der Waals surface area (Å²) in [4.78, 5) is 27.1. The first-order valence-corrected chi connectivity index (χ1v) is 9.21. The van der Waals surface area contributed by atoms with Crippen LogP contribution in [-0.2, 0) is 16.1 Å². The first-order valence-electron chi connectivity index (χ1n) is 9.21. The predicted octanol–water partition coefficient (Wildman–Crippen LogP) is 3.20. The molecule has 3 rings (SSSR count). The van der Waals surface area contributed by atoms with Crippen molar-refractivity contribution in [1.82, 2.24) is 10.3 Å². The number of nitrogens with two attached hydrogens (primary N) is 1. The summed E-state index contributed by atoms with van der Waals surface area (Å²) in [5, 5.41) is 14.6. The molecule has 0 saturated carbocycles. The van der Waals surface area contributed by atoms with Crippen molar-refractivity contribution in [1.29, 1.82) is 0 Å². The molecule has 7 nitrogen and oxygen atoms in total. The van der Waals surface area contributed by atoms with E-state index in [2.05, 4.69) is 16.4 Å². The van der Waals surface area contributed by atoms with Crippen LogP contribution in [0.2, 0.25) is 0 Å². The number of ether oxygens (including phenoxy) is 1. The topological polar surface area (TPSA) is 115 Å². The Kier molecular flexibility index (Phi) is 6.39. The Morgan fingerprint density at radius 2 is 1.82 bits per heavy atom. The average Bonchev–Trinajstić information content (AvgIpc) is 2.71. The number of amides is 1. The van der Waals surface area contributed by atoms with Crippen LogP contribution in [0.25, 0.3) is 21.7 Å². The largest absolute Gasteiger partial charge is 0.480 e. The Bertz CT molecular complexity index is 990. The molecule has 0 saturated heterocycles. The number of aromatic nitrogens is 1. The highest BCUT2D eigenvalue weighted by Gasteiger charge is 2.10. The van der Waals surface area contributed by atoms with Gasteiger partial charge in [0.05, 0.1) is 11.2 Å². The molecule has 28 heavy (non-hydrogen) atoms. The van der Waals surface area contributed by atoms with Gasteiger partial charge in [0.2, 0.25) is 0 Å². The predicted molar refractivity (Wildman–Crippen MR) is 107 cm³/mol. The van der Waals surface area contributed by atoms with E-state index < -0.39 is 18.1 Å². The fourth-order valence-electron chi connectivity index (χ4n) is 2.97. The first kappa shape index (κ1) is 19.6. The normalized spacial score (nSPS) is 12.0. The fraction of sp³-hybridized carbons (Fsp3) is 0.286. The quantitative estimate of drug-likeness (QED) is 0.408. The van der Waals surface area contributed by atoms with Crippen LogP contribution in [0.4, 0.5) is 4.79 Å². The highest BCUT2D eigenvalue weighted by Crippen LogP contribution is 2.24. The van der Waals surface area contributed by atoms with E-state index in [9.17, 15) is 9.59 Å². The average molecular weight is 381 g/mol. The lowest BCUT2D eigenvalue weighted by atomic mass is 10.1. The molecule has 1 amide bonds. The number of carbonyl (C=O) groups is 2. The lowest BCUT2D eigenvalue weighted by molar-refractivity contribution is -0.138. The molecule has 7 heteroatoms. The second-order valence-electron chi connectivity index (χ2n) is 6.60. The molecule has 4 N–H and O–H groups in total. The van der Waals surface area contributed by atoms with Crippen LogP contribution in [0.5, 0.6) is 0 Å². The van der Waals surface area contributed by atoms with Crippen LogP contribution in [-0.4, -0.2) is 34.7 Å². The van der Waals surface area contributed by atoms with Crippen molar-refractivity contribution in [3.63, 3.8) is 0 Å². The monoisotopic (exact) mass is 381 g/mol. The molecule has 146 valence electrons. The molecule has 0 aliphatic carbocycles. The van der Waals surface area contributed by atoms with E-state index in [-0.39, 0.29) is 6.61 Å². The number of hydrogen-bond acceptors (Lipinski definition) is 5. The summed E-state index contributed by atoms with van der Waals surface area (Å²) in [6.07, 6.45) is 1.10. The van der Waals surface area contributed by atoms with Crippen LogP contribution >= 0.6 is 0 Å². The number of rotatable bonds is 8. The van der Waals surface area contributed by atoms with Crippen LogP contribution < -0.4 is 11.1 Å². The van der Waals surface area contributed by atoms with E-state index in [1.165, 1.54) is 0 Å². The minimum absolute atomic E-state index is 0.0783. The van der Waals surface area contributed by atoms with E-state index in [1.54, 1.807) is 0 Å². The molecule has 0 fully saturated rings. The smallest absolute Gasteiger partial charge is 0.407 e. The molecule has 3 aromatic rings. The minimum atomic E-state index is -1.01. The van der Waals surface area contributed by atoms with Gasteiger partial charge in [-0.25, -0.2) is 9.78 Å². The van der Waals surface area contributed by atoms with Crippen molar-refractivity contribution in [3.8, 4) is 0 Å². The Balaban J connectivity index is 1.50. The Morgan fingerprint density at radius 1 is 1.07 bits per heavy atom. The van der Waals surface area contributed by atoms with Gasteiger partial charge in [0, 0.05) is 17.3 Å². The summed E-state index contributed by atoms with van der Waals surface area (Å²) in [6.45, 7) is 0.482. The fourth-order valence-corrected chi connectivity index (χ4v) is 2.97. The van der Waals surface area contributed by atoms with E-state index in [0.717, 1.165) is 21.7 Å². The number of nitrogens with one attached hydrogen (secondary N) is 1. The summed E-state index contributed by atoms with van der Waals surface area (Å²) in [5.74, 6) is -1.01. The number of hydrogen-bond donors (Lipinski definition) is 3. The number of carboxylic acid groups (broad SMARTS) is 1. The van der Waals surface area contributed by atoms with E-state index in [4.69, 9.17) is 15.6 Å². The third kappa shape index (κ3) is 4.95. The summed E-state index contributed by atoms with van der Waals surface area (Å²) in [7, 11) is 0. The molecule has 0 spiro atoms. The molecular weight excluding hydrogens is 358 g/mol. The number of fused-ring (bicyclic) bond motifs is 3. The zero-order valence-electron chi connectivity index (χ0n) is 15.4. The van der Waals surface area contributed by atoms with Gasteiger partial charge in [-0.1, -0.05) is 42.5 Å². The number of unbranched alkanes of at least 4 members (excludes halogenated alkanes) is 1. The Labute approximate surface area is 162 Å². The number of nitrogens with zero attached hydrogens (tertiary/aromatic N) is 1. The van der Waals surface area contributed by atoms with Crippen molar-refractivity contribution in [3.05, 3.63) is 54.2 Å². The van der Waals surface area contributed by atoms with E-state index in [0.29, 0.717) is 31.5 Å². The van der Waals surface area contributed by atoms with Crippen molar-refractivity contribution >= 4 is 33.7 Å². The van der Waals surface area contributed by atoms with Crippen LogP contribution in [0.3, 0.4) is 0 Å². The number of pyridine rings is 1. The SMILES string of the molecule is N[C@@H](CCCCNC(=O)OCc1ccc2ccc3ccccc3c2n1)C(=O)O. The van der Waals surface area contributed by atoms with Crippen LogP contribution in [0, 0.1) is 0 Å². The number of alkyl carbamates (subject to hydrolysis) is 1. The van der Waals surface area contributed by atoms with E-state index >= 15 is 0 Å². The third-order valence-corrected chi connectivity index (χ3v) is 4.52. The summed E-state index contributed by atoms with van der Waals surface area (Å²) < 4.78 is 5.22. The second-order valence-corrected chi connectivity index (χ2v) is 6.60. The van der Waals surface area contributed by atoms with Gasteiger partial charge in [-0.15, -0.1) is 0 Å². The number of carboxylic acids is 1. The van der Waals surface area contributed by atoms with Crippen molar-refractivity contribution in [2.75, 3.05) is 6.54 Å². The molecule has 1 atom stereocenters. The number of carbonyl (C=O) groups excluding carboxylic acids is 1. The molecule has 2 aromatic carbocycles. The molecule has 1 heterocycles. The third-order valence-electron chi connectivity index (χ3n) is 4.52. The van der Waals surface area contributed by atoms with Crippen LogP contribution in [0.15, 0.2) is 48.5 Å². The zero-order valence-corrected chi connectivity index (χ0v) is 15.4. The van der Waals surface area contributed by atoms with Gasteiger partial charge >= 0.3 is 12.1 Å². The lowest BCUT2D eigenvalue weighted by Crippen LogP contribution is -2.30. The van der Waals surface area contributed by atoms with Gasteiger partial charge in [0.25, 0.3) is 0 Å². The molecule has 0 radical (unpaired) electrons. The summed E-state index contributed by atoms with van der Waals surface area (Å²) in [5.41, 5.74) is 6.98. The van der Waals surface area contributed by atoms with Crippen LogP contribution in [0.1, 0.15) is 25.0 Å². The van der Waals surface area contributed by atoms with Gasteiger partial charge in [-0.3, -0.25) is 4.79 Å². The zero-order chi connectivity index (χ0) is 19.9. The first-order chi connectivity index (χ1) is 13.5. The second kappa shape index (κ2) is 9.14. The number of aliphatic carboxylic acids is 1. The summed E-state index contributed by atoms with van der Waals surface area (Å²) in [6, 6.07) is 15.1. The van der Waals surface area contributed by atoms with Gasteiger partial charge in [0.1, 0.15) is 12.6 Å². The Hall–Kier alpha value is -3.19. The summed E-state index contributed by atoms with van der Waals surface area (Å²) >= 11 is 0. The minimum Gasteiger partial charge on any atom is -0.480 e. The van der Waals surface area contributed by atoms with Gasteiger partial charge in [-0.05, 0) is 30.7 Å². The van der Waals surface area contributed by atoms with Crippen molar-refractivity contribution < 1.29 is 19.4 Å². The maximum atomic E-state index is 11.8. The molecule has 0 aliphatic rings. The van der Waals surface area contributed by atoms with Gasteiger partial charge < -0.3 is 20.9 Å². The standard InChI is InChI=1S/C21H23N3O4/c22-18(20(25)26)7-3-4-12-23-21(27)28-13-16-11-10-15-9-8-14-5-1-2-6-17(14)19(15)24-16/h1-2,5-6,8-11,18H,3-4,7,12-13,22H2,(H,23,27)(H,25,26)/t18-/m0/s1. The Morgan fingerprint density at radius 3 is 2.64 bits per heavy atom. The van der Waals surface area contributed by atoms with Crippen molar-refractivity contribution in [2.45, 2.75) is 31.9 Å². The lowest BCUT2D eigenvalue weighted by Gasteiger charge is -2.09. The van der Waals surface area contributed by atoms with Gasteiger partial charge in [0.15, 0.2) is 0 Å². The van der Waals surface area contributed by atoms with E-state index in [1.807, 2.05) is 42.5 Å². The van der Waals surface area contributed by atoms with Gasteiger partial charge in [-0.2, -0.15) is 0 Å². The highest BCUT2D eigenvalue weighted by atomic mass is 16.5. The molecule has 0 bridgehead atoms. The van der Waals surface area contributed by atoms with Crippen molar-refractivity contribution in [2.24, 2.45) is 5.73 Å². The molecule has 1 aromatic heterocycles. The number of benzene rings is 2. The molecule has 0 aliphatic heterocycles. The molecule has 0 unspecified atom stereocenters. The highest BCUT2D eigenvalue weighted by molar-refractivity contribution is 6.05. The molecular formula is C21H23N3O4. The maximum Gasteiger partial charge on any atom is 0.407 e.